The van der Waals surface area contributed by atoms with Gasteiger partial charge in [0.2, 0.25) is 5.91 Å². The Balaban J connectivity index is 1.87. The van der Waals surface area contributed by atoms with Gasteiger partial charge in [-0.25, -0.2) is 9.78 Å². The van der Waals surface area contributed by atoms with Gasteiger partial charge in [0, 0.05) is 10.4 Å². The Morgan fingerprint density at radius 3 is 2.58 bits per heavy atom. The van der Waals surface area contributed by atoms with Crippen LogP contribution >= 0.6 is 22.9 Å². The van der Waals surface area contributed by atoms with E-state index in [0.717, 1.165) is 5.01 Å². The highest BCUT2D eigenvalue weighted by Crippen LogP contribution is 2.18. The monoisotopic (exact) mass is 396 g/mol. The second-order valence-electron chi connectivity index (χ2n) is 5.96. The smallest absolute Gasteiger partial charge is 0.328 e. The number of nitrogens with one attached hydrogen (secondary N) is 1. The minimum Gasteiger partial charge on any atom is -0.486 e. The van der Waals surface area contributed by atoms with Crippen molar-refractivity contribution < 1.29 is 19.1 Å². The van der Waals surface area contributed by atoms with Crippen molar-refractivity contribution in [2.45, 2.75) is 32.9 Å². The summed E-state index contributed by atoms with van der Waals surface area (Å²) >= 11 is 7.25. The first kappa shape index (κ1) is 20.2. The van der Waals surface area contributed by atoms with Gasteiger partial charge in [0.1, 0.15) is 23.4 Å². The molecule has 0 saturated carbocycles. The average Bonchev–Trinajstić information content (AvgIpc) is 3.05. The number of rotatable bonds is 8. The summed E-state index contributed by atoms with van der Waals surface area (Å²) in [5, 5.41) is 5.91. The van der Waals surface area contributed by atoms with Crippen molar-refractivity contribution in [1.82, 2.24) is 10.3 Å². The van der Waals surface area contributed by atoms with E-state index >= 15 is 0 Å². The van der Waals surface area contributed by atoms with Gasteiger partial charge in [0.05, 0.1) is 19.2 Å². The van der Waals surface area contributed by atoms with E-state index in [2.05, 4.69) is 10.3 Å². The second kappa shape index (κ2) is 9.54. The van der Waals surface area contributed by atoms with Gasteiger partial charge in [0.25, 0.3) is 0 Å². The molecule has 6 nitrogen and oxygen atoms in total. The molecule has 0 aliphatic heterocycles. The number of thiazole rings is 1. The fraction of sp³-hybridized carbons (Fsp3) is 0.389. The highest BCUT2D eigenvalue weighted by Gasteiger charge is 2.25. The van der Waals surface area contributed by atoms with Crippen molar-refractivity contribution in [3.8, 4) is 5.75 Å². The summed E-state index contributed by atoms with van der Waals surface area (Å²) in [4.78, 5) is 28.3. The number of carbonyl (C=O) groups is 2. The number of ether oxygens (including phenoxy) is 2. The first-order valence-corrected chi connectivity index (χ1v) is 9.33. The molecule has 1 N–H and O–H groups in total. The lowest BCUT2D eigenvalue weighted by atomic mass is 10.0. The molecule has 1 amide bonds. The zero-order valence-corrected chi connectivity index (χ0v) is 16.4. The maximum absolute atomic E-state index is 12.2. The number of nitrogens with zero attached hydrogens (tertiary/aromatic N) is 1. The second-order valence-corrected chi connectivity index (χ2v) is 7.34. The minimum absolute atomic E-state index is 0.0647. The van der Waals surface area contributed by atoms with Crippen LogP contribution < -0.4 is 10.1 Å². The van der Waals surface area contributed by atoms with Crippen LogP contribution in [0.5, 0.6) is 5.75 Å². The van der Waals surface area contributed by atoms with E-state index in [1.165, 1.54) is 18.4 Å². The molecule has 0 bridgehead atoms. The number of carbonyl (C=O) groups excluding carboxylic acids is 2. The molecule has 0 radical (unpaired) electrons. The molecule has 2 rings (SSSR count). The summed E-state index contributed by atoms with van der Waals surface area (Å²) in [6, 6.07) is 6.40. The Morgan fingerprint density at radius 2 is 1.96 bits per heavy atom. The normalized spacial score (nSPS) is 11.9. The number of hydrogen-bond donors (Lipinski definition) is 1. The third-order valence-corrected chi connectivity index (χ3v) is 4.68. The SMILES string of the molecule is COC(=O)[C@@H](NC(=O)Cc1csc(COc2ccc(Cl)cc2)n1)C(C)C. The van der Waals surface area contributed by atoms with E-state index in [-0.39, 0.29) is 18.2 Å². The van der Waals surface area contributed by atoms with Crippen LogP contribution in [0, 0.1) is 5.92 Å². The summed E-state index contributed by atoms with van der Waals surface area (Å²) < 4.78 is 10.4. The van der Waals surface area contributed by atoms with Crippen LogP contribution in [0.15, 0.2) is 29.6 Å². The predicted octanol–water partition coefficient (Wildman–Crippen LogP) is 3.23. The molecule has 0 unspecified atom stereocenters. The molecule has 0 aliphatic carbocycles. The molecular formula is C18H21ClN2O4S. The Kier molecular flexibility index (Phi) is 7.41. The van der Waals surface area contributed by atoms with Crippen molar-refractivity contribution in [3.63, 3.8) is 0 Å². The Morgan fingerprint density at radius 1 is 1.27 bits per heavy atom. The summed E-state index contributed by atoms with van der Waals surface area (Å²) in [5.74, 6) is -0.0971. The van der Waals surface area contributed by atoms with E-state index < -0.39 is 12.0 Å². The van der Waals surface area contributed by atoms with Crippen LogP contribution in [0.2, 0.25) is 5.02 Å². The maximum Gasteiger partial charge on any atom is 0.328 e. The minimum atomic E-state index is -0.668. The van der Waals surface area contributed by atoms with Crippen molar-refractivity contribution >= 4 is 34.8 Å². The summed E-state index contributed by atoms with van der Waals surface area (Å²) in [7, 11) is 1.30. The Bertz CT molecular complexity index is 746. The fourth-order valence-corrected chi connectivity index (χ4v) is 3.02. The van der Waals surface area contributed by atoms with Gasteiger partial charge >= 0.3 is 5.97 Å². The van der Waals surface area contributed by atoms with Crippen LogP contribution in [0.4, 0.5) is 0 Å². The quantitative estimate of drug-likeness (QED) is 0.693. The number of hydrogen-bond acceptors (Lipinski definition) is 6. The van der Waals surface area contributed by atoms with Gasteiger partial charge in [-0.1, -0.05) is 25.4 Å². The molecule has 140 valence electrons. The molecule has 1 heterocycles. The molecule has 2 aromatic rings. The maximum atomic E-state index is 12.2. The molecule has 0 aliphatic rings. The standard InChI is InChI=1S/C18H21ClN2O4S/c1-11(2)17(18(23)24-3)21-15(22)8-13-10-26-16(20-13)9-25-14-6-4-12(19)5-7-14/h4-7,10-11,17H,8-9H2,1-3H3,(H,21,22)/t17-/m0/s1. The largest absolute Gasteiger partial charge is 0.486 e. The molecule has 8 heteroatoms. The van der Waals surface area contributed by atoms with Crippen LogP contribution in [0.1, 0.15) is 24.5 Å². The van der Waals surface area contributed by atoms with E-state index in [1.807, 2.05) is 19.2 Å². The third-order valence-electron chi connectivity index (χ3n) is 3.56. The number of amides is 1. The van der Waals surface area contributed by atoms with Crippen LogP contribution in [-0.4, -0.2) is 30.0 Å². The van der Waals surface area contributed by atoms with Gasteiger partial charge in [-0.3, -0.25) is 4.79 Å². The van der Waals surface area contributed by atoms with Crippen molar-refractivity contribution in [2.75, 3.05) is 7.11 Å². The fourth-order valence-electron chi connectivity index (χ4n) is 2.19. The molecule has 1 atom stereocenters. The van der Waals surface area contributed by atoms with Crippen molar-refractivity contribution in [2.24, 2.45) is 5.92 Å². The lowest BCUT2D eigenvalue weighted by Gasteiger charge is -2.19. The van der Waals surface area contributed by atoms with Gasteiger partial charge in [0.15, 0.2) is 0 Å². The first-order chi connectivity index (χ1) is 12.4. The molecule has 1 aromatic carbocycles. The Hall–Kier alpha value is -2.12. The first-order valence-electron chi connectivity index (χ1n) is 8.08. The topological polar surface area (TPSA) is 77.5 Å². The van der Waals surface area contributed by atoms with E-state index in [1.54, 1.807) is 24.3 Å². The zero-order chi connectivity index (χ0) is 19.1. The van der Waals surface area contributed by atoms with Gasteiger partial charge in [-0.05, 0) is 30.2 Å². The molecule has 0 spiro atoms. The zero-order valence-electron chi connectivity index (χ0n) is 14.8. The summed E-state index contributed by atoms with van der Waals surface area (Å²) in [6.45, 7) is 4.00. The van der Waals surface area contributed by atoms with E-state index in [9.17, 15) is 9.59 Å². The summed E-state index contributed by atoms with van der Waals surface area (Å²) in [5.41, 5.74) is 0.634. The lowest BCUT2D eigenvalue weighted by Crippen LogP contribution is -2.45. The van der Waals surface area contributed by atoms with Gasteiger partial charge in [-0.2, -0.15) is 0 Å². The highest BCUT2D eigenvalue weighted by atomic mass is 35.5. The van der Waals surface area contributed by atoms with Crippen LogP contribution in [-0.2, 0) is 27.4 Å². The number of aromatic nitrogens is 1. The van der Waals surface area contributed by atoms with E-state index in [4.69, 9.17) is 21.1 Å². The number of benzene rings is 1. The number of esters is 1. The molecule has 26 heavy (non-hydrogen) atoms. The highest BCUT2D eigenvalue weighted by molar-refractivity contribution is 7.09. The molecule has 0 saturated heterocycles. The number of methoxy groups -OCH3 is 1. The van der Waals surface area contributed by atoms with Crippen molar-refractivity contribution in [1.29, 1.82) is 0 Å². The Labute approximate surface area is 161 Å². The van der Waals surface area contributed by atoms with Crippen molar-refractivity contribution in [3.05, 3.63) is 45.4 Å². The van der Waals surface area contributed by atoms with Crippen LogP contribution in [0.25, 0.3) is 0 Å². The van der Waals surface area contributed by atoms with E-state index in [0.29, 0.717) is 23.1 Å². The lowest BCUT2D eigenvalue weighted by molar-refractivity contribution is -0.146. The number of halogens is 1. The van der Waals surface area contributed by atoms with Crippen LogP contribution in [0.3, 0.4) is 0 Å². The van der Waals surface area contributed by atoms with Gasteiger partial charge < -0.3 is 14.8 Å². The molecular weight excluding hydrogens is 376 g/mol. The average molecular weight is 397 g/mol. The summed E-state index contributed by atoms with van der Waals surface area (Å²) in [6.07, 6.45) is 0.0949. The van der Waals surface area contributed by atoms with Gasteiger partial charge in [-0.15, -0.1) is 11.3 Å². The predicted molar refractivity (Wildman–Crippen MR) is 100 cm³/mol. The third kappa shape index (κ3) is 6.00. The molecule has 1 aromatic heterocycles. The molecule has 0 fully saturated rings.